The Morgan fingerprint density at radius 3 is 2.54 bits per heavy atom. The van der Waals surface area contributed by atoms with Crippen LogP contribution in [0.3, 0.4) is 0 Å². The van der Waals surface area contributed by atoms with E-state index in [-0.39, 0.29) is 11.6 Å². The van der Waals surface area contributed by atoms with Crippen LogP contribution < -0.4 is 15.0 Å². The van der Waals surface area contributed by atoms with Gasteiger partial charge in [0.05, 0.1) is 19.5 Å². The minimum absolute atomic E-state index is 0.251. The van der Waals surface area contributed by atoms with Crippen LogP contribution in [0, 0.1) is 0 Å². The van der Waals surface area contributed by atoms with Crippen molar-refractivity contribution in [1.29, 1.82) is 0 Å². The second-order valence-electron chi connectivity index (χ2n) is 5.53. The first kappa shape index (κ1) is 17.4. The topological polar surface area (TPSA) is 67.4 Å². The summed E-state index contributed by atoms with van der Waals surface area (Å²) >= 11 is 0. The maximum absolute atomic E-state index is 12.4. The van der Waals surface area contributed by atoms with Crippen molar-refractivity contribution in [2.45, 2.75) is 6.92 Å². The molecular weight excluding hydrogens is 328 g/mol. The molecule has 26 heavy (non-hydrogen) atoms. The number of aromatic nitrogens is 2. The minimum atomic E-state index is -0.319. The van der Waals surface area contributed by atoms with Crippen molar-refractivity contribution in [3.63, 3.8) is 0 Å². The molecule has 0 fully saturated rings. The van der Waals surface area contributed by atoms with E-state index in [4.69, 9.17) is 4.74 Å². The van der Waals surface area contributed by atoms with Gasteiger partial charge < -0.3 is 15.0 Å². The fourth-order valence-electron chi connectivity index (χ4n) is 2.56. The smallest absolute Gasteiger partial charge is 0.275 e. The highest BCUT2D eigenvalue weighted by atomic mass is 16.5. The first-order valence-corrected chi connectivity index (χ1v) is 8.31. The van der Waals surface area contributed by atoms with Gasteiger partial charge in [0.1, 0.15) is 11.4 Å². The molecule has 0 aliphatic rings. The summed E-state index contributed by atoms with van der Waals surface area (Å²) in [6.07, 6.45) is 3.09. The third-order valence-electron chi connectivity index (χ3n) is 3.86. The molecule has 6 nitrogen and oxygen atoms in total. The van der Waals surface area contributed by atoms with E-state index in [9.17, 15) is 4.79 Å². The number of para-hydroxylation sites is 1. The lowest BCUT2D eigenvalue weighted by atomic mass is 10.3. The SMILES string of the molecule is CCN(c1ccccc1)c1cnc(C(=O)Nc2cccc(OC)c2)cn1. The number of methoxy groups -OCH3 is 1. The standard InChI is InChI=1S/C20H20N4O2/c1-3-24(16-9-5-4-6-10-16)19-14-21-18(13-22-19)20(25)23-15-8-7-11-17(12-15)26-2/h4-14H,3H2,1-2H3,(H,23,25). The van der Waals surface area contributed by atoms with Gasteiger partial charge in [0.25, 0.3) is 5.91 Å². The zero-order valence-electron chi connectivity index (χ0n) is 14.7. The van der Waals surface area contributed by atoms with Crippen molar-refractivity contribution in [1.82, 2.24) is 9.97 Å². The van der Waals surface area contributed by atoms with Gasteiger partial charge in [-0.2, -0.15) is 0 Å². The number of amides is 1. The molecule has 2 aromatic carbocycles. The lowest BCUT2D eigenvalue weighted by Gasteiger charge is -2.21. The van der Waals surface area contributed by atoms with Crippen molar-refractivity contribution >= 4 is 23.1 Å². The van der Waals surface area contributed by atoms with E-state index in [1.54, 1.807) is 25.4 Å². The van der Waals surface area contributed by atoms with Gasteiger partial charge in [0, 0.05) is 24.0 Å². The summed E-state index contributed by atoms with van der Waals surface area (Å²) in [6.45, 7) is 2.78. The first-order valence-electron chi connectivity index (χ1n) is 8.31. The van der Waals surface area contributed by atoms with E-state index >= 15 is 0 Å². The number of nitrogens with zero attached hydrogens (tertiary/aromatic N) is 3. The number of ether oxygens (including phenoxy) is 1. The maximum atomic E-state index is 12.4. The quantitative estimate of drug-likeness (QED) is 0.732. The summed E-state index contributed by atoms with van der Waals surface area (Å²) in [6, 6.07) is 17.1. The highest BCUT2D eigenvalue weighted by molar-refractivity contribution is 6.02. The molecule has 0 radical (unpaired) electrons. The summed E-state index contributed by atoms with van der Waals surface area (Å²) in [5, 5.41) is 2.79. The second kappa shape index (κ2) is 8.11. The minimum Gasteiger partial charge on any atom is -0.497 e. The number of rotatable bonds is 6. The average molecular weight is 348 g/mol. The van der Waals surface area contributed by atoms with Crippen molar-refractivity contribution in [2.75, 3.05) is 23.9 Å². The highest BCUT2D eigenvalue weighted by Crippen LogP contribution is 2.22. The van der Waals surface area contributed by atoms with Gasteiger partial charge in [0.15, 0.2) is 5.82 Å². The van der Waals surface area contributed by atoms with Crippen LogP contribution in [0.4, 0.5) is 17.2 Å². The van der Waals surface area contributed by atoms with Crippen LogP contribution in [0.1, 0.15) is 17.4 Å². The molecule has 0 atom stereocenters. The van der Waals surface area contributed by atoms with E-state index in [0.29, 0.717) is 17.3 Å². The number of carbonyl (C=O) groups is 1. The molecule has 0 unspecified atom stereocenters. The summed E-state index contributed by atoms with van der Waals surface area (Å²) in [5.74, 6) is 1.04. The van der Waals surface area contributed by atoms with Crippen molar-refractivity contribution in [2.24, 2.45) is 0 Å². The molecule has 1 N–H and O–H groups in total. The average Bonchev–Trinajstić information content (AvgIpc) is 2.70. The van der Waals surface area contributed by atoms with Crippen LogP contribution in [0.25, 0.3) is 0 Å². The predicted molar refractivity (Wildman–Crippen MR) is 102 cm³/mol. The Bertz CT molecular complexity index is 866. The molecular formula is C20H20N4O2. The maximum Gasteiger partial charge on any atom is 0.275 e. The fraction of sp³-hybridized carbons (Fsp3) is 0.150. The molecule has 3 aromatic rings. The van der Waals surface area contributed by atoms with Crippen LogP contribution in [0.15, 0.2) is 67.0 Å². The number of carbonyl (C=O) groups excluding carboxylic acids is 1. The van der Waals surface area contributed by atoms with E-state index < -0.39 is 0 Å². The molecule has 3 rings (SSSR count). The van der Waals surface area contributed by atoms with Gasteiger partial charge in [-0.3, -0.25) is 4.79 Å². The van der Waals surface area contributed by atoms with Crippen molar-refractivity contribution < 1.29 is 9.53 Å². The Kier molecular flexibility index (Phi) is 5.43. The Hall–Kier alpha value is -3.41. The number of hydrogen-bond donors (Lipinski definition) is 1. The van der Waals surface area contributed by atoms with E-state index in [1.807, 2.05) is 54.3 Å². The summed E-state index contributed by atoms with van der Waals surface area (Å²) in [5.41, 5.74) is 1.92. The Balaban J connectivity index is 1.75. The molecule has 1 amide bonds. The number of benzene rings is 2. The zero-order valence-corrected chi connectivity index (χ0v) is 14.7. The van der Waals surface area contributed by atoms with Gasteiger partial charge in [-0.1, -0.05) is 24.3 Å². The summed E-state index contributed by atoms with van der Waals surface area (Å²) < 4.78 is 5.15. The van der Waals surface area contributed by atoms with Crippen molar-refractivity contribution in [3.8, 4) is 5.75 Å². The normalized spacial score (nSPS) is 10.2. The van der Waals surface area contributed by atoms with Crippen molar-refractivity contribution in [3.05, 3.63) is 72.7 Å². The summed E-state index contributed by atoms with van der Waals surface area (Å²) in [7, 11) is 1.58. The Morgan fingerprint density at radius 2 is 1.88 bits per heavy atom. The van der Waals surface area contributed by atoms with Crippen LogP contribution in [-0.2, 0) is 0 Å². The van der Waals surface area contributed by atoms with Crippen LogP contribution in [0.2, 0.25) is 0 Å². The molecule has 132 valence electrons. The van der Waals surface area contributed by atoms with Crippen LogP contribution in [-0.4, -0.2) is 29.5 Å². The molecule has 6 heteroatoms. The number of nitrogens with one attached hydrogen (secondary N) is 1. The third-order valence-corrected chi connectivity index (χ3v) is 3.86. The monoisotopic (exact) mass is 348 g/mol. The molecule has 0 aliphatic heterocycles. The lowest BCUT2D eigenvalue weighted by Crippen LogP contribution is -2.19. The molecule has 0 saturated carbocycles. The van der Waals surface area contributed by atoms with Gasteiger partial charge in [0.2, 0.25) is 0 Å². The first-order chi connectivity index (χ1) is 12.7. The van der Waals surface area contributed by atoms with E-state index in [2.05, 4.69) is 15.3 Å². The molecule has 1 aromatic heterocycles. The molecule has 1 heterocycles. The second-order valence-corrected chi connectivity index (χ2v) is 5.53. The third kappa shape index (κ3) is 3.97. The van der Waals surface area contributed by atoms with Crippen LogP contribution in [0.5, 0.6) is 5.75 Å². The van der Waals surface area contributed by atoms with Crippen LogP contribution >= 0.6 is 0 Å². The fourth-order valence-corrected chi connectivity index (χ4v) is 2.56. The highest BCUT2D eigenvalue weighted by Gasteiger charge is 2.12. The van der Waals surface area contributed by atoms with Gasteiger partial charge in [-0.05, 0) is 31.2 Å². The molecule has 0 saturated heterocycles. The van der Waals surface area contributed by atoms with E-state index in [0.717, 1.165) is 12.2 Å². The van der Waals surface area contributed by atoms with E-state index in [1.165, 1.54) is 6.20 Å². The zero-order chi connectivity index (χ0) is 18.4. The molecule has 0 spiro atoms. The molecule has 0 bridgehead atoms. The number of anilines is 3. The Labute approximate surface area is 152 Å². The predicted octanol–water partition coefficient (Wildman–Crippen LogP) is 3.90. The summed E-state index contributed by atoms with van der Waals surface area (Å²) in [4.78, 5) is 23.1. The van der Waals surface area contributed by atoms with Gasteiger partial charge in [-0.25, -0.2) is 9.97 Å². The molecule has 0 aliphatic carbocycles. The Morgan fingerprint density at radius 1 is 1.08 bits per heavy atom. The number of hydrogen-bond acceptors (Lipinski definition) is 5. The lowest BCUT2D eigenvalue weighted by molar-refractivity contribution is 0.102. The largest absolute Gasteiger partial charge is 0.497 e. The van der Waals surface area contributed by atoms with Gasteiger partial charge >= 0.3 is 0 Å². The van der Waals surface area contributed by atoms with Gasteiger partial charge in [-0.15, -0.1) is 0 Å².